The molecule has 1 aromatic heterocycles. The van der Waals surface area contributed by atoms with Gasteiger partial charge in [-0.2, -0.15) is 0 Å². The second kappa shape index (κ2) is 9.58. The van der Waals surface area contributed by atoms with Gasteiger partial charge in [-0.05, 0) is 43.3 Å². The smallest absolute Gasteiger partial charge is 0.243 e. The molecule has 1 heterocycles. The van der Waals surface area contributed by atoms with Crippen molar-refractivity contribution in [2.45, 2.75) is 12.1 Å². The van der Waals surface area contributed by atoms with Gasteiger partial charge in [-0.3, -0.25) is 14.7 Å². The second-order valence-electron chi connectivity index (χ2n) is 6.43. The average Bonchev–Trinajstić information content (AvgIpc) is 3.17. The molecule has 150 valence electrons. The molecule has 0 unspecified atom stereocenters. The van der Waals surface area contributed by atoms with Crippen molar-refractivity contribution in [1.29, 1.82) is 0 Å². The number of hydrogen-bond acceptors (Lipinski definition) is 5. The van der Waals surface area contributed by atoms with E-state index >= 15 is 0 Å². The molecule has 0 aliphatic heterocycles. The maximum atomic E-state index is 12.3. The van der Waals surface area contributed by atoms with E-state index in [0.29, 0.717) is 21.7 Å². The van der Waals surface area contributed by atoms with Gasteiger partial charge in [0.2, 0.25) is 17.0 Å². The molecule has 3 aromatic rings. The van der Waals surface area contributed by atoms with Crippen LogP contribution in [0.15, 0.2) is 53.7 Å². The minimum absolute atomic E-state index is 0.0305. The number of thioether (sulfide) groups is 1. The Kier molecular flexibility index (Phi) is 6.90. The SMILES string of the molecule is Cc1ccc(NC(=O)CN(C)C(=O)CSc2n[nH]c(-c3ccc(Cl)cc3)n2)cc1. The Balaban J connectivity index is 1.48. The molecule has 0 saturated heterocycles. The summed E-state index contributed by atoms with van der Waals surface area (Å²) in [7, 11) is 1.59. The lowest BCUT2D eigenvalue weighted by molar-refractivity contribution is -0.131. The minimum atomic E-state index is -0.252. The van der Waals surface area contributed by atoms with Crippen molar-refractivity contribution < 1.29 is 9.59 Å². The van der Waals surface area contributed by atoms with Crippen molar-refractivity contribution in [3.8, 4) is 11.4 Å². The van der Waals surface area contributed by atoms with Crippen LogP contribution in [0.3, 0.4) is 0 Å². The van der Waals surface area contributed by atoms with Crippen LogP contribution in [0.4, 0.5) is 5.69 Å². The molecule has 2 N–H and O–H groups in total. The van der Waals surface area contributed by atoms with Crippen molar-refractivity contribution in [1.82, 2.24) is 20.1 Å². The zero-order valence-electron chi connectivity index (χ0n) is 16.0. The van der Waals surface area contributed by atoms with Gasteiger partial charge < -0.3 is 10.2 Å². The van der Waals surface area contributed by atoms with Gasteiger partial charge in [-0.1, -0.05) is 41.1 Å². The van der Waals surface area contributed by atoms with Gasteiger partial charge in [0.1, 0.15) is 0 Å². The molecule has 0 aliphatic rings. The maximum Gasteiger partial charge on any atom is 0.243 e. The van der Waals surface area contributed by atoms with Gasteiger partial charge in [0.05, 0.1) is 12.3 Å². The zero-order chi connectivity index (χ0) is 20.8. The lowest BCUT2D eigenvalue weighted by atomic mass is 10.2. The molecule has 29 heavy (non-hydrogen) atoms. The number of carbonyl (C=O) groups excluding carboxylic acids is 2. The van der Waals surface area contributed by atoms with E-state index in [1.165, 1.54) is 16.7 Å². The summed E-state index contributed by atoms with van der Waals surface area (Å²) < 4.78 is 0. The van der Waals surface area contributed by atoms with Crippen LogP contribution < -0.4 is 5.32 Å². The summed E-state index contributed by atoms with van der Waals surface area (Å²) in [5, 5.41) is 10.8. The Morgan fingerprint density at radius 3 is 2.52 bits per heavy atom. The number of nitrogens with zero attached hydrogens (tertiary/aromatic N) is 3. The fourth-order valence-electron chi connectivity index (χ4n) is 2.43. The summed E-state index contributed by atoms with van der Waals surface area (Å²) in [5.41, 5.74) is 2.66. The van der Waals surface area contributed by atoms with Crippen LogP contribution in [0.1, 0.15) is 5.56 Å². The van der Waals surface area contributed by atoms with Crippen LogP contribution in [0.2, 0.25) is 5.02 Å². The number of carbonyl (C=O) groups is 2. The Bertz CT molecular complexity index is 989. The van der Waals surface area contributed by atoms with Crippen molar-refractivity contribution >= 4 is 40.9 Å². The first-order valence-corrected chi connectivity index (χ1v) is 10.2. The number of anilines is 1. The number of halogens is 1. The highest BCUT2D eigenvalue weighted by Gasteiger charge is 2.15. The summed E-state index contributed by atoms with van der Waals surface area (Å²) in [5.74, 6) is 0.290. The summed E-state index contributed by atoms with van der Waals surface area (Å²) in [6.07, 6.45) is 0. The predicted molar refractivity (Wildman–Crippen MR) is 115 cm³/mol. The first-order chi connectivity index (χ1) is 13.9. The van der Waals surface area contributed by atoms with E-state index in [-0.39, 0.29) is 24.1 Å². The van der Waals surface area contributed by atoms with E-state index in [2.05, 4.69) is 20.5 Å². The third-order valence-corrected chi connectivity index (χ3v) is 5.13. The lowest BCUT2D eigenvalue weighted by Crippen LogP contribution is -2.35. The molecule has 3 rings (SSSR count). The first-order valence-electron chi connectivity index (χ1n) is 8.82. The van der Waals surface area contributed by atoms with E-state index in [9.17, 15) is 9.59 Å². The highest BCUT2D eigenvalue weighted by atomic mass is 35.5. The number of aromatic nitrogens is 3. The predicted octanol–water partition coefficient (Wildman–Crippen LogP) is 3.62. The minimum Gasteiger partial charge on any atom is -0.336 e. The van der Waals surface area contributed by atoms with Crippen LogP contribution >= 0.6 is 23.4 Å². The Morgan fingerprint density at radius 1 is 1.14 bits per heavy atom. The Hall–Kier alpha value is -2.84. The molecule has 0 spiro atoms. The van der Waals surface area contributed by atoms with Gasteiger partial charge in [0.25, 0.3) is 0 Å². The van der Waals surface area contributed by atoms with Crippen molar-refractivity contribution in [3.05, 3.63) is 59.1 Å². The molecule has 0 bridgehead atoms. The van der Waals surface area contributed by atoms with E-state index in [1.54, 1.807) is 19.2 Å². The Labute approximate surface area is 177 Å². The molecule has 0 aliphatic carbocycles. The summed E-state index contributed by atoms with van der Waals surface area (Å²) in [6.45, 7) is 1.94. The van der Waals surface area contributed by atoms with Crippen LogP contribution in [-0.2, 0) is 9.59 Å². The van der Waals surface area contributed by atoms with Crippen molar-refractivity contribution in [3.63, 3.8) is 0 Å². The fraction of sp³-hybridized carbons (Fsp3) is 0.200. The number of rotatable bonds is 7. The number of aryl methyl sites for hydroxylation is 1. The summed E-state index contributed by atoms with van der Waals surface area (Å²) >= 11 is 7.09. The van der Waals surface area contributed by atoms with Gasteiger partial charge in [0.15, 0.2) is 5.82 Å². The molecule has 2 aromatic carbocycles. The standard InChI is InChI=1S/C20H20ClN5O2S/c1-13-3-9-16(10-4-13)22-17(27)11-26(2)18(28)12-29-20-23-19(24-25-20)14-5-7-15(21)8-6-14/h3-10H,11-12H2,1-2H3,(H,22,27)(H,23,24,25). The highest BCUT2D eigenvalue weighted by Crippen LogP contribution is 2.21. The largest absolute Gasteiger partial charge is 0.336 e. The van der Waals surface area contributed by atoms with Crippen molar-refractivity contribution in [2.75, 3.05) is 24.7 Å². The van der Waals surface area contributed by atoms with Gasteiger partial charge in [-0.15, -0.1) is 5.10 Å². The molecule has 0 saturated carbocycles. The van der Waals surface area contributed by atoms with Gasteiger partial charge in [0, 0.05) is 23.3 Å². The molecule has 7 nitrogen and oxygen atoms in total. The first kappa shape index (κ1) is 20.9. The van der Waals surface area contributed by atoms with E-state index in [0.717, 1.165) is 11.1 Å². The lowest BCUT2D eigenvalue weighted by Gasteiger charge is -2.16. The van der Waals surface area contributed by atoms with Gasteiger partial charge >= 0.3 is 0 Å². The van der Waals surface area contributed by atoms with E-state index < -0.39 is 0 Å². The monoisotopic (exact) mass is 429 g/mol. The fourth-order valence-corrected chi connectivity index (χ4v) is 3.29. The molecule has 0 fully saturated rings. The van der Waals surface area contributed by atoms with E-state index in [4.69, 9.17) is 11.6 Å². The molecule has 0 radical (unpaired) electrons. The number of hydrogen-bond donors (Lipinski definition) is 2. The number of amides is 2. The van der Waals surface area contributed by atoms with E-state index in [1.807, 2.05) is 43.3 Å². The van der Waals surface area contributed by atoms with Crippen LogP contribution in [-0.4, -0.2) is 51.2 Å². The summed E-state index contributed by atoms with van der Waals surface area (Å²) in [4.78, 5) is 30.2. The number of likely N-dealkylation sites (N-methyl/N-ethyl adjacent to an activating group) is 1. The second-order valence-corrected chi connectivity index (χ2v) is 7.81. The number of nitrogens with one attached hydrogen (secondary N) is 2. The van der Waals surface area contributed by atoms with Crippen LogP contribution in [0.25, 0.3) is 11.4 Å². The van der Waals surface area contributed by atoms with Crippen LogP contribution in [0.5, 0.6) is 0 Å². The highest BCUT2D eigenvalue weighted by molar-refractivity contribution is 7.99. The topological polar surface area (TPSA) is 91.0 Å². The zero-order valence-corrected chi connectivity index (χ0v) is 17.5. The average molecular weight is 430 g/mol. The number of aromatic amines is 1. The summed E-state index contributed by atoms with van der Waals surface area (Å²) in [6, 6.07) is 14.7. The quantitative estimate of drug-likeness (QED) is 0.560. The van der Waals surface area contributed by atoms with Crippen LogP contribution in [0, 0.1) is 6.92 Å². The molecular formula is C20H20ClN5O2S. The molecule has 2 amide bonds. The maximum absolute atomic E-state index is 12.3. The molecule has 0 atom stereocenters. The van der Waals surface area contributed by atoms with Crippen molar-refractivity contribution in [2.24, 2.45) is 0 Å². The number of H-pyrrole nitrogens is 1. The third kappa shape index (κ3) is 6.07. The molecule has 9 heteroatoms. The van der Waals surface area contributed by atoms with Gasteiger partial charge in [-0.25, -0.2) is 4.98 Å². The third-order valence-electron chi connectivity index (χ3n) is 4.05. The normalized spacial score (nSPS) is 10.6. The Morgan fingerprint density at radius 2 is 1.83 bits per heavy atom. The number of benzene rings is 2. The molecular weight excluding hydrogens is 410 g/mol.